The van der Waals surface area contributed by atoms with Crippen LogP contribution in [0.5, 0.6) is 0 Å². The highest BCUT2D eigenvalue weighted by Crippen LogP contribution is 2.65. The number of rotatable bonds is 3. The van der Waals surface area contributed by atoms with Crippen molar-refractivity contribution in [1.82, 2.24) is 4.90 Å². The second-order valence-electron chi connectivity index (χ2n) is 8.87. The van der Waals surface area contributed by atoms with Gasteiger partial charge >= 0.3 is 12.1 Å². The van der Waals surface area contributed by atoms with Crippen LogP contribution in [0.3, 0.4) is 0 Å². The number of likely N-dealkylation sites (tertiary alicyclic amines) is 1. The molecule has 3 fully saturated rings. The molecule has 0 aromatic heterocycles. The first-order valence-corrected chi connectivity index (χ1v) is 10.1. The van der Waals surface area contributed by atoms with Crippen molar-refractivity contribution in [3.8, 4) is 0 Å². The van der Waals surface area contributed by atoms with E-state index in [4.69, 9.17) is 0 Å². The van der Waals surface area contributed by atoms with Gasteiger partial charge in [0.1, 0.15) is 6.67 Å². The van der Waals surface area contributed by atoms with Crippen LogP contribution in [0.4, 0.5) is 18.9 Å². The molecule has 1 aromatic rings. The number of halogens is 3. The van der Waals surface area contributed by atoms with Gasteiger partial charge in [0.2, 0.25) is 11.8 Å². The lowest BCUT2D eigenvalue weighted by Gasteiger charge is -2.37. The average molecular weight is 418 g/mol. The lowest BCUT2D eigenvalue weighted by atomic mass is 9.63. The van der Waals surface area contributed by atoms with E-state index in [1.54, 1.807) is 32.0 Å². The van der Waals surface area contributed by atoms with Gasteiger partial charge in [0.05, 0.1) is 17.5 Å². The maximum absolute atomic E-state index is 13.4. The third-order valence-corrected chi connectivity index (χ3v) is 7.23. The number of aryl methyl sites for hydroxylation is 2. The molecule has 30 heavy (non-hydrogen) atoms. The molecule has 0 unspecified atom stereocenters. The van der Waals surface area contributed by atoms with Crippen LogP contribution >= 0.6 is 0 Å². The summed E-state index contributed by atoms with van der Waals surface area (Å²) in [5.41, 5.74) is 1.01. The molecule has 2 saturated carbocycles. The topological polar surface area (TPSA) is 57.7 Å². The summed E-state index contributed by atoms with van der Waals surface area (Å²) in [5.74, 6) is -3.30. The Morgan fingerprint density at radius 2 is 1.53 bits per heavy atom. The Balaban J connectivity index is 1.51. The van der Waals surface area contributed by atoms with E-state index in [-0.39, 0.29) is 17.5 Å². The van der Waals surface area contributed by atoms with Crippen molar-refractivity contribution in [3.05, 3.63) is 41.5 Å². The maximum atomic E-state index is 13.4. The lowest BCUT2D eigenvalue weighted by Crippen LogP contribution is -2.50. The van der Waals surface area contributed by atoms with E-state index in [9.17, 15) is 27.6 Å². The second kappa shape index (κ2) is 6.18. The highest BCUT2D eigenvalue weighted by molar-refractivity contribution is 6.08. The first-order valence-electron chi connectivity index (χ1n) is 10.1. The van der Waals surface area contributed by atoms with Gasteiger partial charge in [-0.05, 0) is 55.1 Å². The number of hydrogen-bond donors (Lipinski definition) is 0. The smallest absolute Gasteiger partial charge is 0.285 e. The van der Waals surface area contributed by atoms with E-state index in [2.05, 4.69) is 0 Å². The molecule has 158 valence electrons. The quantitative estimate of drug-likeness (QED) is 0.560. The van der Waals surface area contributed by atoms with Gasteiger partial charge in [-0.1, -0.05) is 30.4 Å². The van der Waals surface area contributed by atoms with Crippen LogP contribution in [0, 0.1) is 49.4 Å². The molecule has 0 radical (unpaired) electrons. The molecule has 1 aromatic carbocycles. The molecular formula is C22H21F3N2O3. The number of hydrogen-bond acceptors (Lipinski definition) is 3. The third kappa shape index (κ3) is 2.58. The van der Waals surface area contributed by atoms with Crippen molar-refractivity contribution < 1.29 is 27.6 Å². The van der Waals surface area contributed by atoms with Crippen molar-refractivity contribution in [2.45, 2.75) is 26.4 Å². The fourth-order valence-corrected chi connectivity index (χ4v) is 5.92. The van der Waals surface area contributed by atoms with Crippen LogP contribution in [-0.2, 0) is 14.4 Å². The summed E-state index contributed by atoms with van der Waals surface area (Å²) >= 11 is 0. The summed E-state index contributed by atoms with van der Waals surface area (Å²) in [6, 6.07) is 4.88. The number of amides is 3. The van der Waals surface area contributed by atoms with E-state index in [0.717, 1.165) is 11.3 Å². The molecule has 6 rings (SSSR count). The highest BCUT2D eigenvalue weighted by atomic mass is 19.4. The van der Waals surface area contributed by atoms with Crippen molar-refractivity contribution in [3.63, 3.8) is 0 Å². The summed E-state index contributed by atoms with van der Waals surface area (Å²) in [6.07, 6.45) is -0.135. The van der Waals surface area contributed by atoms with Crippen LogP contribution in [-0.4, -0.2) is 35.5 Å². The highest BCUT2D eigenvalue weighted by Gasteiger charge is 2.67. The molecule has 4 aliphatic carbocycles. The van der Waals surface area contributed by atoms with Gasteiger partial charge in [-0.3, -0.25) is 24.2 Å². The summed E-state index contributed by atoms with van der Waals surface area (Å²) in [4.78, 5) is 40.1. The van der Waals surface area contributed by atoms with Crippen LogP contribution in [0.2, 0.25) is 0 Å². The lowest BCUT2D eigenvalue weighted by molar-refractivity contribution is -0.171. The van der Waals surface area contributed by atoms with Gasteiger partial charge in [0.15, 0.2) is 0 Å². The predicted octanol–water partition coefficient (Wildman–Crippen LogP) is 3.21. The molecule has 0 spiro atoms. The number of imide groups is 1. The number of carbonyl (C=O) groups excluding carboxylic acids is 3. The number of carbonyl (C=O) groups is 3. The summed E-state index contributed by atoms with van der Waals surface area (Å²) in [7, 11) is 0. The van der Waals surface area contributed by atoms with Gasteiger partial charge in [-0.15, -0.1) is 0 Å². The number of para-hydroxylation sites is 1. The van der Waals surface area contributed by atoms with E-state index >= 15 is 0 Å². The predicted molar refractivity (Wildman–Crippen MR) is 101 cm³/mol. The Hall–Kier alpha value is -2.64. The Morgan fingerprint density at radius 3 is 2.00 bits per heavy atom. The van der Waals surface area contributed by atoms with Crippen molar-refractivity contribution >= 4 is 23.4 Å². The third-order valence-electron chi connectivity index (χ3n) is 7.23. The Bertz CT molecular complexity index is 946. The van der Waals surface area contributed by atoms with Crippen LogP contribution in [0.15, 0.2) is 30.4 Å². The Labute approximate surface area is 171 Å². The first-order chi connectivity index (χ1) is 14.1. The zero-order chi connectivity index (χ0) is 21.5. The molecule has 5 nitrogen and oxygen atoms in total. The number of benzene rings is 1. The van der Waals surface area contributed by atoms with Gasteiger partial charge < -0.3 is 0 Å². The molecule has 0 N–H and O–H groups in total. The SMILES string of the molecule is Cc1cccc(C)c1N(CN1C(=O)[C@@H]2[C@H]3C=C[C@H]([C@H]4C[C@H]34)[C@@H]2C1=O)C(=O)C(F)(F)F. The van der Waals surface area contributed by atoms with E-state index in [0.29, 0.717) is 27.9 Å². The molecule has 8 heteroatoms. The minimum absolute atomic E-state index is 0.0292. The molecule has 1 saturated heterocycles. The van der Waals surface area contributed by atoms with E-state index in [1.165, 1.54) is 0 Å². The molecular weight excluding hydrogens is 397 g/mol. The van der Waals surface area contributed by atoms with Crippen molar-refractivity contribution in [2.24, 2.45) is 35.5 Å². The standard InChI is InChI=1S/C22H21F3N2O3/c1-10-4-3-5-11(2)18(10)26(21(30)22(23,24)25)9-27-19(28)16-12-6-7-13(15-8-14(12)15)17(16)20(27)29/h3-7,12-17H,8-9H2,1-2H3/t12-,13+,14-,15-,16+,17-/m1/s1. The van der Waals surface area contributed by atoms with E-state index in [1.807, 2.05) is 12.2 Å². The minimum atomic E-state index is -5.13. The number of anilines is 1. The normalized spacial score (nSPS) is 33.6. The zero-order valence-corrected chi connectivity index (χ0v) is 16.5. The summed E-state index contributed by atoms with van der Waals surface area (Å²) < 4.78 is 40.2. The van der Waals surface area contributed by atoms with Crippen LogP contribution in [0.1, 0.15) is 17.5 Å². The summed E-state index contributed by atoms with van der Waals surface area (Å²) in [6.45, 7) is 2.48. The fraction of sp³-hybridized carbons (Fsp3) is 0.500. The molecule has 5 aliphatic rings. The molecule has 2 bridgehead atoms. The van der Waals surface area contributed by atoms with Gasteiger partial charge in [0.25, 0.3) is 0 Å². The minimum Gasteiger partial charge on any atom is -0.285 e. The molecule has 6 atom stereocenters. The fourth-order valence-electron chi connectivity index (χ4n) is 5.92. The number of alkyl halides is 3. The Morgan fingerprint density at radius 1 is 1.03 bits per heavy atom. The van der Waals surface area contributed by atoms with Gasteiger partial charge in [-0.2, -0.15) is 13.2 Å². The largest absolute Gasteiger partial charge is 0.471 e. The van der Waals surface area contributed by atoms with Crippen molar-refractivity contribution in [2.75, 3.05) is 11.6 Å². The average Bonchev–Trinajstić information content (AvgIpc) is 3.46. The van der Waals surface area contributed by atoms with Crippen LogP contribution in [0.25, 0.3) is 0 Å². The first kappa shape index (κ1) is 19.3. The second-order valence-corrected chi connectivity index (χ2v) is 8.87. The maximum Gasteiger partial charge on any atom is 0.471 e. The van der Waals surface area contributed by atoms with E-state index < -0.39 is 42.4 Å². The van der Waals surface area contributed by atoms with Crippen molar-refractivity contribution in [1.29, 1.82) is 0 Å². The van der Waals surface area contributed by atoms with Gasteiger partial charge in [-0.25, -0.2) is 0 Å². The van der Waals surface area contributed by atoms with Gasteiger partial charge in [0, 0.05) is 0 Å². The summed E-state index contributed by atoms with van der Waals surface area (Å²) in [5, 5.41) is 0. The molecule has 3 amide bonds. The molecule has 1 aliphatic heterocycles. The molecule has 1 heterocycles. The Kier molecular flexibility index (Phi) is 3.98. The zero-order valence-electron chi connectivity index (χ0n) is 16.5. The number of nitrogens with zero attached hydrogens (tertiary/aromatic N) is 2. The number of allylic oxidation sites excluding steroid dienone is 2. The monoisotopic (exact) mass is 418 g/mol. The van der Waals surface area contributed by atoms with Crippen LogP contribution < -0.4 is 4.90 Å².